The Labute approximate surface area is 130 Å². The molecule has 0 aliphatic carbocycles. The van der Waals surface area contributed by atoms with Gasteiger partial charge < -0.3 is 14.8 Å². The lowest BCUT2D eigenvalue weighted by atomic mass is 10.2. The van der Waals surface area contributed by atoms with E-state index in [-0.39, 0.29) is 5.69 Å². The predicted molar refractivity (Wildman–Crippen MR) is 80.9 cm³/mol. The van der Waals surface area contributed by atoms with Gasteiger partial charge in [0.25, 0.3) is 0 Å². The number of rotatable bonds is 5. The van der Waals surface area contributed by atoms with Crippen LogP contribution in [0.3, 0.4) is 0 Å². The molecule has 0 saturated heterocycles. The molecule has 0 atom stereocenters. The lowest BCUT2D eigenvalue weighted by Gasteiger charge is -2.13. The van der Waals surface area contributed by atoms with Crippen molar-refractivity contribution in [3.8, 4) is 11.5 Å². The lowest BCUT2D eigenvalue weighted by molar-refractivity contribution is 0.352. The van der Waals surface area contributed by atoms with E-state index in [2.05, 4.69) is 21.2 Å². The number of methoxy groups -OCH3 is 2. The van der Waals surface area contributed by atoms with Crippen LogP contribution in [0.4, 0.5) is 14.5 Å². The van der Waals surface area contributed by atoms with Gasteiger partial charge in [-0.05, 0) is 45.8 Å². The zero-order valence-electron chi connectivity index (χ0n) is 11.5. The van der Waals surface area contributed by atoms with Crippen molar-refractivity contribution in [1.29, 1.82) is 0 Å². The average Bonchev–Trinajstić information content (AvgIpc) is 2.45. The fraction of sp³-hybridized carbons (Fsp3) is 0.200. The van der Waals surface area contributed by atoms with Gasteiger partial charge in [0.1, 0.15) is 11.6 Å². The number of benzene rings is 2. The number of anilines is 1. The second-order valence-electron chi connectivity index (χ2n) is 4.29. The van der Waals surface area contributed by atoms with Crippen LogP contribution in [0.2, 0.25) is 0 Å². The van der Waals surface area contributed by atoms with Gasteiger partial charge >= 0.3 is 0 Å². The highest BCUT2D eigenvalue weighted by Crippen LogP contribution is 2.36. The van der Waals surface area contributed by atoms with E-state index in [1.54, 1.807) is 20.3 Å². The maximum Gasteiger partial charge on any atom is 0.174 e. The van der Waals surface area contributed by atoms with Gasteiger partial charge in [-0.15, -0.1) is 0 Å². The SMILES string of the molecule is COc1cc(CNc2ccc(F)cc2F)cc(Br)c1OC. The normalized spacial score (nSPS) is 10.3. The van der Waals surface area contributed by atoms with E-state index >= 15 is 0 Å². The molecule has 0 bridgehead atoms. The quantitative estimate of drug-likeness (QED) is 0.862. The van der Waals surface area contributed by atoms with Crippen LogP contribution in [0.15, 0.2) is 34.8 Å². The van der Waals surface area contributed by atoms with Gasteiger partial charge in [0.2, 0.25) is 0 Å². The maximum atomic E-state index is 13.5. The molecule has 1 N–H and O–H groups in total. The summed E-state index contributed by atoms with van der Waals surface area (Å²) in [5.74, 6) is -0.0704. The molecule has 0 spiro atoms. The predicted octanol–water partition coefficient (Wildman–Crippen LogP) is 4.36. The first-order valence-corrected chi connectivity index (χ1v) is 6.93. The minimum absolute atomic E-state index is 0.238. The highest BCUT2D eigenvalue weighted by atomic mass is 79.9. The number of hydrogen-bond donors (Lipinski definition) is 1. The molecule has 2 aromatic rings. The Kier molecular flexibility index (Phi) is 5.01. The van der Waals surface area contributed by atoms with Gasteiger partial charge in [-0.2, -0.15) is 0 Å². The zero-order chi connectivity index (χ0) is 15.4. The molecule has 112 valence electrons. The molecule has 0 amide bonds. The lowest BCUT2D eigenvalue weighted by Crippen LogP contribution is -2.03. The third kappa shape index (κ3) is 3.64. The number of halogens is 3. The molecule has 0 aliphatic heterocycles. The molecular weight excluding hydrogens is 344 g/mol. The fourth-order valence-electron chi connectivity index (χ4n) is 1.90. The summed E-state index contributed by atoms with van der Waals surface area (Å²) < 4.78 is 37.6. The summed E-state index contributed by atoms with van der Waals surface area (Å²) in [6, 6.07) is 7.04. The van der Waals surface area contributed by atoms with Crippen LogP contribution >= 0.6 is 15.9 Å². The van der Waals surface area contributed by atoms with Crippen LogP contribution in [0.1, 0.15) is 5.56 Å². The Morgan fingerprint density at radius 3 is 2.48 bits per heavy atom. The van der Waals surface area contributed by atoms with Gasteiger partial charge in [-0.1, -0.05) is 0 Å². The second kappa shape index (κ2) is 6.76. The first kappa shape index (κ1) is 15.6. The Balaban J connectivity index is 2.18. The van der Waals surface area contributed by atoms with Crippen LogP contribution in [-0.2, 0) is 6.54 Å². The summed E-state index contributed by atoms with van der Waals surface area (Å²) in [7, 11) is 3.09. The Morgan fingerprint density at radius 2 is 1.86 bits per heavy atom. The standard InChI is InChI=1S/C15H14BrF2NO2/c1-20-14-6-9(5-11(16)15(14)21-2)8-19-13-4-3-10(17)7-12(13)18/h3-7,19H,8H2,1-2H3. The van der Waals surface area contributed by atoms with Crippen molar-refractivity contribution in [2.24, 2.45) is 0 Å². The Morgan fingerprint density at radius 1 is 1.10 bits per heavy atom. The summed E-state index contributed by atoms with van der Waals surface area (Å²) in [5.41, 5.74) is 1.10. The van der Waals surface area contributed by atoms with Crippen molar-refractivity contribution in [3.63, 3.8) is 0 Å². The smallest absolute Gasteiger partial charge is 0.174 e. The van der Waals surface area contributed by atoms with Crippen molar-refractivity contribution >= 4 is 21.6 Å². The third-order valence-corrected chi connectivity index (χ3v) is 3.50. The van der Waals surface area contributed by atoms with Crippen molar-refractivity contribution in [2.75, 3.05) is 19.5 Å². The van der Waals surface area contributed by atoms with E-state index in [0.29, 0.717) is 18.0 Å². The second-order valence-corrected chi connectivity index (χ2v) is 5.15. The summed E-state index contributed by atoms with van der Waals surface area (Å²) in [4.78, 5) is 0. The van der Waals surface area contributed by atoms with E-state index in [9.17, 15) is 8.78 Å². The Bertz CT molecular complexity index is 650. The molecule has 21 heavy (non-hydrogen) atoms. The third-order valence-electron chi connectivity index (χ3n) is 2.91. The molecule has 0 aliphatic rings. The number of hydrogen-bond acceptors (Lipinski definition) is 3. The van der Waals surface area contributed by atoms with E-state index in [4.69, 9.17) is 9.47 Å². The molecule has 3 nitrogen and oxygen atoms in total. The number of ether oxygens (including phenoxy) is 2. The molecule has 0 radical (unpaired) electrons. The molecule has 0 unspecified atom stereocenters. The maximum absolute atomic E-state index is 13.5. The monoisotopic (exact) mass is 357 g/mol. The van der Waals surface area contributed by atoms with E-state index in [0.717, 1.165) is 16.1 Å². The summed E-state index contributed by atoms with van der Waals surface area (Å²) in [6.45, 7) is 0.363. The van der Waals surface area contributed by atoms with E-state index in [1.165, 1.54) is 12.1 Å². The first-order valence-electron chi connectivity index (χ1n) is 6.14. The highest BCUT2D eigenvalue weighted by molar-refractivity contribution is 9.10. The van der Waals surface area contributed by atoms with Crippen LogP contribution in [-0.4, -0.2) is 14.2 Å². The van der Waals surface area contributed by atoms with Gasteiger partial charge in [0.05, 0.1) is 24.4 Å². The zero-order valence-corrected chi connectivity index (χ0v) is 13.1. The molecule has 2 aromatic carbocycles. The fourth-order valence-corrected chi connectivity index (χ4v) is 2.55. The van der Waals surface area contributed by atoms with Crippen molar-refractivity contribution in [2.45, 2.75) is 6.54 Å². The minimum atomic E-state index is -0.630. The minimum Gasteiger partial charge on any atom is -0.493 e. The molecule has 0 heterocycles. The van der Waals surface area contributed by atoms with Gasteiger partial charge in [-0.25, -0.2) is 8.78 Å². The topological polar surface area (TPSA) is 30.5 Å². The summed E-state index contributed by atoms with van der Waals surface area (Å²) >= 11 is 3.39. The summed E-state index contributed by atoms with van der Waals surface area (Å²) in [6.07, 6.45) is 0. The molecule has 6 heteroatoms. The van der Waals surface area contributed by atoms with Crippen LogP contribution in [0, 0.1) is 11.6 Å². The van der Waals surface area contributed by atoms with E-state index < -0.39 is 11.6 Å². The highest BCUT2D eigenvalue weighted by Gasteiger charge is 2.11. The average molecular weight is 358 g/mol. The largest absolute Gasteiger partial charge is 0.493 e. The van der Waals surface area contributed by atoms with Crippen LogP contribution in [0.5, 0.6) is 11.5 Å². The van der Waals surface area contributed by atoms with Crippen molar-refractivity contribution in [3.05, 3.63) is 52.0 Å². The molecule has 0 aromatic heterocycles. The van der Waals surface area contributed by atoms with Crippen LogP contribution < -0.4 is 14.8 Å². The number of nitrogens with one attached hydrogen (secondary N) is 1. The molecular formula is C15H14BrF2NO2. The molecule has 2 rings (SSSR count). The van der Waals surface area contributed by atoms with Crippen molar-refractivity contribution < 1.29 is 18.3 Å². The molecule has 0 saturated carbocycles. The van der Waals surface area contributed by atoms with Gasteiger partial charge in [0.15, 0.2) is 11.5 Å². The van der Waals surface area contributed by atoms with Crippen LogP contribution in [0.25, 0.3) is 0 Å². The van der Waals surface area contributed by atoms with Gasteiger partial charge in [0, 0.05) is 12.6 Å². The molecule has 0 fully saturated rings. The van der Waals surface area contributed by atoms with E-state index in [1.807, 2.05) is 6.07 Å². The Hall–Kier alpha value is -1.82. The van der Waals surface area contributed by atoms with Gasteiger partial charge in [-0.3, -0.25) is 0 Å². The van der Waals surface area contributed by atoms with Crippen molar-refractivity contribution in [1.82, 2.24) is 0 Å². The summed E-state index contributed by atoms with van der Waals surface area (Å²) in [5, 5.41) is 2.91. The first-order chi connectivity index (χ1) is 10.0.